The predicted octanol–water partition coefficient (Wildman–Crippen LogP) is 1.99. The number of hydrogen-bond donors (Lipinski definition) is 2. The number of pyridine rings is 1. The molecule has 108 valence electrons. The lowest BCUT2D eigenvalue weighted by Crippen LogP contribution is -2.44. The van der Waals surface area contributed by atoms with Crippen LogP contribution in [0.4, 0.5) is 4.39 Å². The third kappa shape index (κ3) is 3.12. The van der Waals surface area contributed by atoms with Gasteiger partial charge in [-0.2, -0.15) is 4.39 Å². The first-order valence-corrected chi connectivity index (χ1v) is 6.67. The lowest BCUT2D eigenvalue weighted by atomic mass is 9.74. The van der Waals surface area contributed by atoms with Gasteiger partial charge < -0.3 is 10.4 Å². The Bertz CT molecular complexity index is 513. The lowest BCUT2D eigenvalue weighted by molar-refractivity contribution is -0.150. The van der Waals surface area contributed by atoms with E-state index in [1.54, 1.807) is 0 Å². The number of nitrogens with one attached hydrogen (secondary N) is 1. The number of aromatic nitrogens is 1. The van der Waals surface area contributed by atoms with Crippen molar-refractivity contribution >= 4 is 11.9 Å². The Hall–Kier alpha value is -1.98. The summed E-state index contributed by atoms with van der Waals surface area (Å²) in [5.74, 6) is -2.08. The number of hydrogen-bond acceptors (Lipinski definition) is 3. The largest absolute Gasteiger partial charge is 0.481 e. The number of amides is 1. The molecule has 0 unspecified atom stereocenters. The van der Waals surface area contributed by atoms with E-state index in [0.717, 1.165) is 25.3 Å². The van der Waals surface area contributed by atoms with Crippen LogP contribution in [0.1, 0.15) is 42.5 Å². The Kier molecular flexibility index (Phi) is 4.32. The summed E-state index contributed by atoms with van der Waals surface area (Å²) in [6.45, 7) is 0.0745. The van der Waals surface area contributed by atoms with Crippen molar-refractivity contribution in [1.29, 1.82) is 0 Å². The summed E-state index contributed by atoms with van der Waals surface area (Å²) in [6.07, 6.45) is 5.06. The fourth-order valence-corrected chi connectivity index (χ4v) is 2.59. The summed E-state index contributed by atoms with van der Waals surface area (Å²) in [7, 11) is 0. The third-order valence-electron chi connectivity index (χ3n) is 3.84. The van der Waals surface area contributed by atoms with Crippen LogP contribution in [-0.4, -0.2) is 28.5 Å². The molecule has 5 nitrogen and oxygen atoms in total. The third-order valence-corrected chi connectivity index (χ3v) is 3.84. The van der Waals surface area contributed by atoms with E-state index >= 15 is 0 Å². The standard InChI is InChI=1S/C14H17FN2O3/c15-11-8-10(4-7-16-11)12(18)17-9-14(13(19)20)5-2-1-3-6-14/h4,7-8H,1-3,5-6,9H2,(H,17,18)(H,19,20). The number of nitrogens with zero attached hydrogens (tertiary/aromatic N) is 1. The highest BCUT2D eigenvalue weighted by molar-refractivity contribution is 5.94. The lowest BCUT2D eigenvalue weighted by Gasteiger charge is -2.33. The van der Waals surface area contributed by atoms with Crippen molar-refractivity contribution in [1.82, 2.24) is 10.3 Å². The number of aliphatic carboxylic acids is 1. The van der Waals surface area contributed by atoms with Crippen LogP contribution in [0.15, 0.2) is 18.3 Å². The second kappa shape index (κ2) is 5.98. The van der Waals surface area contributed by atoms with E-state index in [0.29, 0.717) is 12.8 Å². The summed E-state index contributed by atoms with van der Waals surface area (Å²) in [4.78, 5) is 26.7. The van der Waals surface area contributed by atoms with Gasteiger partial charge in [0, 0.05) is 24.4 Å². The van der Waals surface area contributed by atoms with Gasteiger partial charge >= 0.3 is 5.97 Å². The monoisotopic (exact) mass is 280 g/mol. The van der Waals surface area contributed by atoms with Crippen molar-refractivity contribution in [2.24, 2.45) is 5.41 Å². The van der Waals surface area contributed by atoms with Crippen molar-refractivity contribution in [3.8, 4) is 0 Å². The van der Waals surface area contributed by atoms with Gasteiger partial charge in [-0.3, -0.25) is 9.59 Å². The van der Waals surface area contributed by atoms with E-state index in [4.69, 9.17) is 0 Å². The molecular weight excluding hydrogens is 263 g/mol. The van der Waals surface area contributed by atoms with E-state index in [9.17, 15) is 19.1 Å². The SMILES string of the molecule is O=C(NCC1(C(=O)O)CCCCC1)c1ccnc(F)c1. The maximum Gasteiger partial charge on any atom is 0.311 e. The highest BCUT2D eigenvalue weighted by Crippen LogP contribution is 2.36. The molecule has 2 N–H and O–H groups in total. The average Bonchev–Trinajstić information content (AvgIpc) is 2.45. The molecule has 1 aliphatic rings. The van der Waals surface area contributed by atoms with E-state index < -0.39 is 23.2 Å². The number of carbonyl (C=O) groups is 2. The maximum absolute atomic E-state index is 12.9. The molecule has 0 aromatic carbocycles. The van der Waals surface area contributed by atoms with Crippen LogP contribution in [0, 0.1) is 11.4 Å². The first-order valence-electron chi connectivity index (χ1n) is 6.67. The quantitative estimate of drug-likeness (QED) is 0.827. The van der Waals surface area contributed by atoms with Crippen LogP contribution in [0.5, 0.6) is 0 Å². The molecular formula is C14H17FN2O3. The van der Waals surface area contributed by atoms with Crippen molar-refractivity contribution in [3.05, 3.63) is 29.8 Å². The molecule has 1 aliphatic carbocycles. The van der Waals surface area contributed by atoms with Crippen LogP contribution in [-0.2, 0) is 4.79 Å². The van der Waals surface area contributed by atoms with Gasteiger partial charge in [0.1, 0.15) is 0 Å². The first-order chi connectivity index (χ1) is 9.53. The molecule has 0 bridgehead atoms. The number of carboxylic acid groups (broad SMARTS) is 1. The molecule has 2 rings (SSSR count). The molecule has 0 spiro atoms. The molecule has 6 heteroatoms. The number of carbonyl (C=O) groups excluding carboxylic acids is 1. The predicted molar refractivity (Wildman–Crippen MR) is 69.7 cm³/mol. The molecule has 20 heavy (non-hydrogen) atoms. The van der Waals surface area contributed by atoms with Crippen LogP contribution in [0.25, 0.3) is 0 Å². The van der Waals surface area contributed by atoms with Crippen molar-refractivity contribution in [2.45, 2.75) is 32.1 Å². The average molecular weight is 280 g/mol. The van der Waals surface area contributed by atoms with Crippen molar-refractivity contribution in [3.63, 3.8) is 0 Å². The smallest absolute Gasteiger partial charge is 0.311 e. The zero-order valence-electron chi connectivity index (χ0n) is 11.1. The van der Waals surface area contributed by atoms with Gasteiger partial charge in [0.05, 0.1) is 5.41 Å². The molecule has 1 saturated carbocycles. The van der Waals surface area contributed by atoms with E-state index in [1.165, 1.54) is 12.3 Å². The summed E-state index contributed by atoms with van der Waals surface area (Å²) in [6, 6.07) is 2.43. The minimum Gasteiger partial charge on any atom is -0.481 e. The van der Waals surface area contributed by atoms with E-state index in [-0.39, 0.29) is 12.1 Å². The Balaban J connectivity index is 2.02. The van der Waals surface area contributed by atoms with Crippen LogP contribution < -0.4 is 5.32 Å². The van der Waals surface area contributed by atoms with Gasteiger partial charge in [0.2, 0.25) is 5.95 Å². The number of carboxylic acids is 1. The van der Waals surface area contributed by atoms with Gasteiger partial charge in [-0.15, -0.1) is 0 Å². The fourth-order valence-electron chi connectivity index (χ4n) is 2.59. The summed E-state index contributed by atoms with van der Waals surface area (Å²) < 4.78 is 12.9. The first kappa shape index (κ1) is 14.4. The summed E-state index contributed by atoms with van der Waals surface area (Å²) in [5, 5.41) is 12.0. The zero-order chi connectivity index (χ0) is 14.6. The molecule has 1 aromatic heterocycles. The Labute approximate surface area is 116 Å². The molecule has 1 amide bonds. The van der Waals surface area contributed by atoms with Gasteiger partial charge in [-0.25, -0.2) is 4.98 Å². The Morgan fingerprint density at radius 3 is 2.65 bits per heavy atom. The molecule has 0 radical (unpaired) electrons. The minimum atomic E-state index is -0.889. The molecule has 0 atom stereocenters. The molecule has 0 aliphatic heterocycles. The topological polar surface area (TPSA) is 79.3 Å². The zero-order valence-corrected chi connectivity index (χ0v) is 11.1. The summed E-state index contributed by atoms with van der Waals surface area (Å²) >= 11 is 0. The minimum absolute atomic E-state index is 0.0745. The van der Waals surface area contributed by atoms with Gasteiger partial charge in [-0.05, 0) is 18.9 Å². The van der Waals surface area contributed by atoms with E-state index in [1.807, 2.05) is 0 Å². The van der Waals surface area contributed by atoms with Crippen molar-refractivity contribution in [2.75, 3.05) is 6.54 Å². The number of rotatable bonds is 4. The van der Waals surface area contributed by atoms with Crippen LogP contribution in [0.2, 0.25) is 0 Å². The van der Waals surface area contributed by atoms with Crippen LogP contribution >= 0.6 is 0 Å². The van der Waals surface area contributed by atoms with E-state index in [2.05, 4.69) is 10.3 Å². The Morgan fingerprint density at radius 1 is 1.35 bits per heavy atom. The fraction of sp³-hybridized carbons (Fsp3) is 0.500. The molecule has 0 saturated heterocycles. The highest BCUT2D eigenvalue weighted by atomic mass is 19.1. The van der Waals surface area contributed by atoms with Gasteiger partial charge in [-0.1, -0.05) is 19.3 Å². The second-order valence-corrected chi connectivity index (χ2v) is 5.20. The molecule has 1 heterocycles. The highest BCUT2D eigenvalue weighted by Gasteiger charge is 2.39. The van der Waals surface area contributed by atoms with Gasteiger partial charge in [0.25, 0.3) is 5.91 Å². The molecule has 1 fully saturated rings. The maximum atomic E-state index is 12.9. The number of halogens is 1. The van der Waals surface area contributed by atoms with Crippen LogP contribution in [0.3, 0.4) is 0 Å². The molecule has 1 aromatic rings. The van der Waals surface area contributed by atoms with Crippen molar-refractivity contribution < 1.29 is 19.1 Å². The van der Waals surface area contributed by atoms with Gasteiger partial charge in [0.15, 0.2) is 0 Å². The second-order valence-electron chi connectivity index (χ2n) is 5.20. The summed E-state index contributed by atoms with van der Waals surface area (Å²) in [5.41, 5.74) is -0.742. The normalized spacial score (nSPS) is 17.4. The Morgan fingerprint density at radius 2 is 2.05 bits per heavy atom.